The van der Waals surface area contributed by atoms with E-state index in [1.54, 1.807) is 0 Å². The van der Waals surface area contributed by atoms with Crippen molar-refractivity contribution in [3.63, 3.8) is 0 Å². The van der Waals surface area contributed by atoms with Gasteiger partial charge in [0.05, 0.1) is 0 Å². The van der Waals surface area contributed by atoms with Gasteiger partial charge in [0.1, 0.15) is 5.82 Å². The molecule has 0 aliphatic carbocycles. The molecule has 0 spiro atoms. The third kappa shape index (κ3) is 2.35. The van der Waals surface area contributed by atoms with Gasteiger partial charge in [-0.1, -0.05) is 28.1 Å². The van der Waals surface area contributed by atoms with Crippen molar-refractivity contribution in [3.05, 3.63) is 52.0 Å². The Morgan fingerprint density at radius 1 is 1.33 bits per heavy atom. The molecule has 1 aliphatic heterocycles. The molecule has 4 heteroatoms. The molecular formula is C14H16BrN3. The van der Waals surface area contributed by atoms with Crippen molar-refractivity contribution in [2.45, 2.75) is 31.8 Å². The molecule has 1 atom stereocenters. The van der Waals surface area contributed by atoms with Crippen LogP contribution in [0.1, 0.15) is 23.5 Å². The molecule has 0 saturated heterocycles. The second kappa shape index (κ2) is 4.86. The molecule has 0 radical (unpaired) electrons. The standard InChI is InChI=1S/C14H16BrN3/c15-11-3-1-10(2-4-11)7-14-17-9-13-8-12(16)5-6-18(13)14/h1-4,9,12H,5-8,16H2. The summed E-state index contributed by atoms with van der Waals surface area (Å²) in [6.07, 6.45) is 4.87. The summed E-state index contributed by atoms with van der Waals surface area (Å²) in [7, 11) is 0. The highest BCUT2D eigenvalue weighted by Crippen LogP contribution is 2.19. The molecule has 1 aromatic carbocycles. The maximum Gasteiger partial charge on any atom is 0.113 e. The largest absolute Gasteiger partial charge is 0.332 e. The number of rotatable bonds is 2. The molecule has 2 aromatic rings. The number of nitrogens with zero attached hydrogens (tertiary/aromatic N) is 2. The van der Waals surface area contributed by atoms with Crippen molar-refractivity contribution in [3.8, 4) is 0 Å². The summed E-state index contributed by atoms with van der Waals surface area (Å²) in [5.74, 6) is 1.15. The molecule has 18 heavy (non-hydrogen) atoms. The van der Waals surface area contributed by atoms with Gasteiger partial charge in [0, 0.05) is 41.8 Å². The average Bonchev–Trinajstić information content (AvgIpc) is 2.74. The Kier molecular flexibility index (Phi) is 3.22. The van der Waals surface area contributed by atoms with Gasteiger partial charge >= 0.3 is 0 Å². The second-order valence-electron chi connectivity index (χ2n) is 4.87. The molecule has 94 valence electrons. The Hall–Kier alpha value is -1.13. The van der Waals surface area contributed by atoms with Crippen molar-refractivity contribution in [2.24, 2.45) is 5.73 Å². The summed E-state index contributed by atoms with van der Waals surface area (Å²) >= 11 is 3.46. The van der Waals surface area contributed by atoms with E-state index >= 15 is 0 Å². The molecule has 2 N–H and O–H groups in total. The van der Waals surface area contributed by atoms with Gasteiger partial charge in [-0.3, -0.25) is 0 Å². The number of halogens is 1. The van der Waals surface area contributed by atoms with Crippen LogP contribution in [0.25, 0.3) is 0 Å². The third-order valence-electron chi connectivity index (χ3n) is 3.49. The quantitative estimate of drug-likeness (QED) is 0.926. The SMILES string of the molecule is NC1CCn2c(cnc2Cc2ccc(Br)cc2)C1. The molecule has 1 aliphatic rings. The van der Waals surface area contributed by atoms with Crippen molar-refractivity contribution in [1.29, 1.82) is 0 Å². The first-order valence-corrected chi connectivity index (χ1v) is 7.05. The predicted octanol–water partition coefficient (Wildman–Crippen LogP) is 2.51. The van der Waals surface area contributed by atoms with E-state index in [9.17, 15) is 0 Å². The molecular weight excluding hydrogens is 290 g/mol. The molecule has 1 aromatic heterocycles. The highest BCUT2D eigenvalue weighted by atomic mass is 79.9. The summed E-state index contributed by atoms with van der Waals surface area (Å²) < 4.78 is 3.44. The molecule has 0 bridgehead atoms. The fourth-order valence-corrected chi connectivity index (χ4v) is 2.75. The fourth-order valence-electron chi connectivity index (χ4n) is 2.48. The van der Waals surface area contributed by atoms with E-state index in [0.717, 1.165) is 36.1 Å². The van der Waals surface area contributed by atoms with Gasteiger partial charge in [-0.15, -0.1) is 0 Å². The molecule has 3 nitrogen and oxygen atoms in total. The van der Waals surface area contributed by atoms with Crippen LogP contribution in [0.3, 0.4) is 0 Å². The Morgan fingerprint density at radius 2 is 2.11 bits per heavy atom. The first-order chi connectivity index (χ1) is 8.72. The number of aromatic nitrogens is 2. The van der Waals surface area contributed by atoms with Crippen molar-refractivity contribution >= 4 is 15.9 Å². The number of imidazole rings is 1. The zero-order valence-electron chi connectivity index (χ0n) is 10.1. The summed E-state index contributed by atoms with van der Waals surface area (Å²) in [5.41, 5.74) is 8.55. The van der Waals surface area contributed by atoms with E-state index in [-0.39, 0.29) is 0 Å². The first-order valence-electron chi connectivity index (χ1n) is 6.25. The number of hydrogen-bond donors (Lipinski definition) is 1. The van der Waals surface area contributed by atoms with Crippen LogP contribution in [0.4, 0.5) is 0 Å². The van der Waals surface area contributed by atoms with Gasteiger partial charge in [-0.25, -0.2) is 4.98 Å². The smallest absolute Gasteiger partial charge is 0.113 e. The summed E-state index contributed by atoms with van der Waals surface area (Å²) in [6.45, 7) is 1.00. The van der Waals surface area contributed by atoms with E-state index in [1.807, 2.05) is 6.20 Å². The predicted molar refractivity (Wildman–Crippen MR) is 75.5 cm³/mol. The van der Waals surface area contributed by atoms with E-state index in [1.165, 1.54) is 11.3 Å². The van der Waals surface area contributed by atoms with Crippen LogP contribution in [0.15, 0.2) is 34.9 Å². The Balaban J connectivity index is 1.83. The number of benzene rings is 1. The van der Waals surface area contributed by atoms with Crippen molar-refractivity contribution < 1.29 is 0 Å². The summed E-state index contributed by atoms with van der Waals surface area (Å²) in [4.78, 5) is 4.55. The second-order valence-corrected chi connectivity index (χ2v) is 5.79. The van der Waals surface area contributed by atoms with Gasteiger partial charge in [-0.2, -0.15) is 0 Å². The molecule has 3 rings (SSSR count). The van der Waals surface area contributed by atoms with Crippen LogP contribution in [0.2, 0.25) is 0 Å². The lowest BCUT2D eigenvalue weighted by atomic mass is 10.1. The zero-order valence-corrected chi connectivity index (χ0v) is 11.7. The maximum atomic E-state index is 5.98. The third-order valence-corrected chi connectivity index (χ3v) is 4.02. The lowest BCUT2D eigenvalue weighted by Gasteiger charge is -2.21. The minimum atomic E-state index is 0.301. The Morgan fingerprint density at radius 3 is 2.89 bits per heavy atom. The van der Waals surface area contributed by atoms with Gasteiger partial charge in [0.2, 0.25) is 0 Å². The zero-order chi connectivity index (χ0) is 12.5. The van der Waals surface area contributed by atoms with Gasteiger partial charge in [0.15, 0.2) is 0 Å². The normalized spacial score (nSPS) is 18.7. The number of nitrogens with two attached hydrogens (primary N) is 1. The van der Waals surface area contributed by atoms with Crippen LogP contribution >= 0.6 is 15.9 Å². The lowest BCUT2D eigenvalue weighted by molar-refractivity contribution is 0.462. The van der Waals surface area contributed by atoms with Crippen LogP contribution in [-0.4, -0.2) is 15.6 Å². The molecule has 0 saturated carbocycles. The Labute approximate surface area is 115 Å². The van der Waals surface area contributed by atoms with Crippen molar-refractivity contribution in [2.75, 3.05) is 0 Å². The molecule has 2 heterocycles. The van der Waals surface area contributed by atoms with Crippen LogP contribution in [0.5, 0.6) is 0 Å². The topological polar surface area (TPSA) is 43.8 Å². The maximum absolute atomic E-state index is 5.98. The van der Waals surface area contributed by atoms with E-state index < -0.39 is 0 Å². The van der Waals surface area contributed by atoms with Crippen LogP contribution in [0, 0.1) is 0 Å². The van der Waals surface area contributed by atoms with Gasteiger partial charge in [0.25, 0.3) is 0 Å². The summed E-state index contributed by atoms with van der Waals surface area (Å²) in [5, 5.41) is 0. The molecule has 1 unspecified atom stereocenters. The highest BCUT2D eigenvalue weighted by molar-refractivity contribution is 9.10. The monoisotopic (exact) mass is 305 g/mol. The first kappa shape index (κ1) is 11.9. The number of fused-ring (bicyclic) bond motifs is 1. The van der Waals surface area contributed by atoms with Crippen LogP contribution < -0.4 is 5.73 Å². The van der Waals surface area contributed by atoms with Crippen LogP contribution in [-0.2, 0) is 19.4 Å². The summed E-state index contributed by atoms with van der Waals surface area (Å²) in [6, 6.07) is 8.73. The molecule has 0 fully saturated rings. The average molecular weight is 306 g/mol. The van der Waals surface area contributed by atoms with Gasteiger partial charge in [-0.05, 0) is 24.1 Å². The Bertz CT molecular complexity index is 545. The van der Waals surface area contributed by atoms with E-state index in [4.69, 9.17) is 5.73 Å². The van der Waals surface area contributed by atoms with Crippen molar-refractivity contribution in [1.82, 2.24) is 9.55 Å². The van der Waals surface area contributed by atoms with E-state index in [2.05, 4.69) is 49.7 Å². The minimum Gasteiger partial charge on any atom is -0.332 e. The highest BCUT2D eigenvalue weighted by Gasteiger charge is 2.18. The van der Waals surface area contributed by atoms with E-state index in [0.29, 0.717) is 6.04 Å². The fraction of sp³-hybridized carbons (Fsp3) is 0.357. The molecule has 0 amide bonds. The lowest BCUT2D eigenvalue weighted by Crippen LogP contribution is -2.31. The van der Waals surface area contributed by atoms with Gasteiger partial charge < -0.3 is 10.3 Å². The minimum absolute atomic E-state index is 0.301. The number of hydrogen-bond acceptors (Lipinski definition) is 2.